The largest absolute Gasteiger partial charge is 0.476 e. The Labute approximate surface area is 129 Å². The second-order valence-electron chi connectivity index (χ2n) is 6.44. The molecule has 1 aromatic heterocycles. The molecule has 1 amide bonds. The molecule has 0 radical (unpaired) electrons. The van der Waals surface area contributed by atoms with Crippen LogP contribution in [-0.2, 0) is 24.1 Å². The second kappa shape index (κ2) is 6.37. The summed E-state index contributed by atoms with van der Waals surface area (Å²) in [5, 5.41) is 16.1. The first-order valence-electron chi connectivity index (χ1n) is 7.56. The Morgan fingerprint density at radius 1 is 1.32 bits per heavy atom. The number of nitrogens with one attached hydrogen (secondary N) is 1. The number of hydrogen-bond acceptors (Lipinski definition) is 4. The molecular weight excluding hydrogens is 286 g/mol. The highest BCUT2D eigenvalue weighted by Crippen LogP contribution is 2.24. The summed E-state index contributed by atoms with van der Waals surface area (Å²) in [5.41, 5.74) is 1.43. The van der Waals surface area contributed by atoms with Crippen molar-refractivity contribution in [3.63, 3.8) is 0 Å². The van der Waals surface area contributed by atoms with Crippen molar-refractivity contribution >= 4 is 12.1 Å². The standard InChI is InChI=1S/C15H23N3O4/c1-15(2,3)22-14(21)16-8-9-18-11-7-5-4-6-10(11)12(17-18)13(19)20/h4-9H2,1-3H3,(H,16,21)(H,19,20). The molecule has 0 atom stereocenters. The van der Waals surface area contributed by atoms with Crippen LogP contribution < -0.4 is 5.32 Å². The lowest BCUT2D eigenvalue weighted by atomic mass is 9.96. The fourth-order valence-electron chi connectivity index (χ4n) is 2.61. The lowest BCUT2D eigenvalue weighted by molar-refractivity contribution is 0.0524. The van der Waals surface area contributed by atoms with Gasteiger partial charge in [-0.15, -0.1) is 0 Å². The van der Waals surface area contributed by atoms with Crippen molar-refractivity contribution in [1.29, 1.82) is 0 Å². The van der Waals surface area contributed by atoms with Gasteiger partial charge in [0.1, 0.15) is 5.60 Å². The lowest BCUT2D eigenvalue weighted by Crippen LogP contribution is -2.34. The average molecular weight is 309 g/mol. The molecule has 0 unspecified atom stereocenters. The average Bonchev–Trinajstić information content (AvgIpc) is 2.76. The number of aromatic carboxylic acids is 1. The maximum atomic E-state index is 11.6. The molecule has 0 spiro atoms. The molecule has 7 nitrogen and oxygen atoms in total. The molecule has 0 saturated carbocycles. The van der Waals surface area contributed by atoms with Crippen LogP contribution in [0.15, 0.2) is 0 Å². The van der Waals surface area contributed by atoms with E-state index in [9.17, 15) is 14.7 Å². The first-order valence-corrected chi connectivity index (χ1v) is 7.56. The molecule has 0 aromatic carbocycles. The van der Waals surface area contributed by atoms with Gasteiger partial charge in [-0.2, -0.15) is 5.10 Å². The normalized spacial score (nSPS) is 14.3. The summed E-state index contributed by atoms with van der Waals surface area (Å²) in [7, 11) is 0. The number of hydrogen-bond donors (Lipinski definition) is 2. The number of amides is 1. The van der Waals surface area contributed by atoms with Crippen LogP contribution in [0.5, 0.6) is 0 Å². The number of ether oxygens (including phenoxy) is 1. The third kappa shape index (κ3) is 3.99. The summed E-state index contributed by atoms with van der Waals surface area (Å²) >= 11 is 0. The highest BCUT2D eigenvalue weighted by atomic mass is 16.6. The van der Waals surface area contributed by atoms with Crippen LogP contribution in [0.25, 0.3) is 0 Å². The number of fused-ring (bicyclic) bond motifs is 1. The van der Waals surface area contributed by atoms with Gasteiger partial charge in [0.2, 0.25) is 0 Å². The van der Waals surface area contributed by atoms with E-state index in [4.69, 9.17) is 4.74 Å². The van der Waals surface area contributed by atoms with Crippen molar-refractivity contribution in [2.24, 2.45) is 0 Å². The van der Waals surface area contributed by atoms with E-state index in [2.05, 4.69) is 10.4 Å². The maximum absolute atomic E-state index is 11.6. The minimum Gasteiger partial charge on any atom is -0.476 e. The molecule has 0 bridgehead atoms. The third-order valence-electron chi connectivity index (χ3n) is 3.45. The van der Waals surface area contributed by atoms with Crippen LogP contribution in [0.2, 0.25) is 0 Å². The SMILES string of the molecule is CC(C)(C)OC(=O)NCCn1nc(C(=O)O)c2c1CCCC2. The Kier molecular flexibility index (Phi) is 4.73. The number of carboxylic acids is 1. The van der Waals surface area contributed by atoms with Crippen molar-refractivity contribution in [3.8, 4) is 0 Å². The van der Waals surface area contributed by atoms with E-state index in [1.807, 2.05) is 0 Å². The van der Waals surface area contributed by atoms with Gasteiger partial charge in [-0.25, -0.2) is 9.59 Å². The summed E-state index contributed by atoms with van der Waals surface area (Å²) in [6.45, 7) is 6.19. The first kappa shape index (κ1) is 16.3. The zero-order valence-corrected chi connectivity index (χ0v) is 13.3. The quantitative estimate of drug-likeness (QED) is 0.887. The molecule has 1 heterocycles. The molecule has 122 valence electrons. The maximum Gasteiger partial charge on any atom is 0.407 e. The highest BCUT2D eigenvalue weighted by Gasteiger charge is 2.24. The van der Waals surface area contributed by atoms with Crippen molar-refractivity contribution < 1.29 is 19.4 Å². The number of alkyl carbamates (subject to hydrolysis) is 1. The smallest absolute Gasteiger partial charge is 0.407 e. The Bertz CT molecular complexity index is 572. The Morgan fingerprint density at radius 3 is 2.64 bits per heavy atom. The number of carbonyl (C=O) groups is 2. The molecule has 0 saturated heterocycles. The topological polar surface area (TPSA) is 93.5 Å². The van der Waals surface area contributed by atoms with E-state index in [0.717, 1.165) is 36.9 Å². The number of nitrogens with zero attached hydrogens (tertiary/aromatic N) is 2. The highest BCUT2D eigenvalue weighted by molar-refractivity contribution is 5.87. The van der Waals surface area contributed by atoms with Crippen LogP contribution in [0.3, 0.4) is 0 Å². The summed E-state index contributed by atoms with van der Waals surface area (Å²) in [6, 6.07) is 0. The summed E-state index contributed by atoms with van der Waals surface area (Å²) < 4.78 is 6.86. The zero-order chi connectivity index (χ0) is 16.3. The predicted octanol–water partition coefficient (Wildman–Crippen LogP) is 1.98. The number of aromatic nitrogens is 2. The van der Waals surface area contributed by atoms with Crippen molar-refractivity contribution in [2.45, 2.75) is 58.6 Å². The summed E-state index contributed by atoms with van der Waals surface area (Å²) in [4.78, 5) is 22.9. The Balaban J connectivity index is 1.99. The van der Waals surface area contributed by atoms with Crippen LogP contribution in [0, 0.1) is 0 Å². The summed E-state index contributed by atoms with van der Waals surface area (Å²) in [5.74, 6) is -0.989. The monoisotopic (exact) mass is 309 g/mol. The Morgan fingerprint density at radius 2 is 2.00 bits per heavy atom. The molecule has 1 aliphatic carbocycles. The molecule has 0 aliphatic heterocycles. The Hall–Kier alpha value is -2.05. The minimum absolute atomic E-state index is 0.145. The van der Waals surface area contributed by atoms with Gasteiger partial charge in [-0.3, -0.25) is 4.68 Å². The van der Waals surface area contributed by atoms with E-state index >= 15 is 0 Å². The van der Waals surface area contributed by atoms with Gasteiger partial charge in [0.25, 0.3) is 0 Å². The fraction of sp³-hybridized carbons (Fsp3) is 0.667. The summed E-state index contributed by atoms with van der Waals surface area (Å²) in [6.07, 6.45) is 3.15. The van der Waals surface area contributed by atoms with Gasteiger partial charge < -0.3 is 15.2 Å². The third-order valence-corrected chi connectivity index (χ3v) is 3.45. The molecule has 1 aliphatic rings. The molecule has 1 aromatic rings. The number of carbonyl (C=O) groups excluding carboxylic acids is 1. The fourth-order valence-corrected chi connectivity index (χ4v) is 2.61. The molecule has 2 N–H and O–H groups in total. The van der Waals surface area contributed by atoms with Gasteiger partial charge in [0.15, 0.2) is 5.69 Å². The first-order chi connectivity index (χ1) is 10.3. The van der Waals surface area contributed by atoms with Gasteiger partial charge >= 0.3 is 12.1 Å². The zero-order valence-electron chi connectivity index (χ0n) is 13.3. The lowest BCUT2D eigenvalue weighted by Gasteiger charge is -2.20. The van der Waals surface area contributed by atoms with E-state index in [-0.39, 0.29) is 5.69 Å². The van der Waals surface area contributed by atoms with Gasteiger partial charge in [-0.05, 0) is 46.5 Å². The van der Waals surface area contributed by atoms with E-state index in [1.165, 1.54) is 0 Å². The van der Waals surface area contributed by atoms with E-state index < -0.39 is 17.7 Å². The van der Waals surface area contributed by atoms with Gasteiger partial charge in [0.05, 0.1) is 6.54 Å². The van der Waals surface area contributed by atoms with E-state index in [0.29, 0.717) is 13.1 Å². The number of rotatable bonds is 4. The number of carboxylic acid groups (broad SMARTS) is 1. The molecule has 2 rings (SSSR count). The predicted molar refractivity (Wildman–Crippen MR) is 80.1 cm³/mol. The van der Waals surface area contributed by atoms with Gasteiger partial charge in [-0.1, -0.05) is 0 Å². The molecule has 7 heteroatoms. The van der Waals surface area contributed by atoms with Crippen LogP contribution in [0.1, 0.15) is 55.4 Å². The van der Waals surface area contributed by atoms with Crippen molar-refractivity contribution in [1.82, 2.24) is 15.1 Å². The van der Waals surface area contributed by atoms with Crippen LogP contribution >= 0.6 is 0 Å². The van der Waals surface area contributed by atoms with Gasteiger partial charge in [0, 0.05) is 17.8 Å². The van der Waals surface area contributed by atoms with Crippen molar-refractivity contribution in [3.05, 3.63) is 17.0 Å². The van der Waals surface area contributed by atoms with Crippen molar-refractivity contribution in [2.75, 3.05) is 6.54 Å². The van der Waals surface area contributed by atoms with Crippen LogP contribution in [-0.4, -0.2) is 39.1 Å². The minimum atomic E-state index is -0.989. The van der Waals surface area contributed by atoms with E-state index in [1.54, 1.807) is 25.5 Å². The molecule has 0 fully saturated rings. The molecule has 22 heavy (non-hydrogen) atoms. The second-order valence-corrected chi connectivity index (χ2v) is 6.44. The van der Waals surface area contributed by atoms with Crippen LogP contribution in [0.4, 0.5) is 4.79 Å². The molecular formula is C15H23N3O4.